The second-order valence-corrected chi connectivity index (χ2v) is 3.53. The van der Waals surface area contributed by atoms with E-state index < -0.39 is 6.10 Å². The lowest BCUT2D eigenvalue weighted by Gasteiger charge is -2.07. The van der Waals surface area contributed by atoms with E-state index in [9.17, 15) is 10.2 Å². The number of hydrogen-bond acceptors (Lipinski definition) is 3. The van der Waals surface area contributed by atoms with Gasteiger partial charge in [0.25, 0.3) is 0 Å². The minimum Gasteiger partial charge on any atom is -0.508 e. The molecule has 0 aliphatic heterocycles. The topological polar surface area (TPSA) is 40.5 Å². The standard InChI is InChI=1S/C9H10O2S/c10-6-3-4-8(12)9-5(6)1-2-7(9)11/h3-4,7,10-12H,1-2H2. The number of phenols is 1. The first-order chi connectivity index (χ1) is 5.70. The number of rotatable bonds is 0. The van der Waals surface area contributed by atoms with Gasteiger partial charge in [0.1, 0.15) is 5.75 Å². The number of benzene rings is 1. The molecule has 1 atom stereocenters. The molecule has 0 saturated carbocycles. The zero-order chi connectivity index (χ0) is 8.72. The summed E-state index contributed by atoms with van der Waals surface area (Å²) in [4.78, 5) is 0.771. The summed E-state index contributed by atoms with van der Waals surface area (Å²) < 4.78 is 0. The molecular formula is C9H10O2S. The van der Waals surface area contributed by atoms with Crippen LogP contribution in [0.5, 0.6) is 5.75 Å². The highest BCUT2D eigenvalue weighted by Crippen LogP contribution is 2.39. The van der Waals surface area contributed by atoms with Crippen molar-refractivity contribution in [2.45, 2.75) is 23.8 Å². The number of aromatic hydroxyl groups is 1. The smallest absolute Gasteiger partial charge is 0.119 e. The second-order valence-electron chi connectivity index (χ2n) is 3.05. The summed E-state index contributed by atoms with van der Waals surface area (Å²) >= 11 is 4.22. The summed E-state index contributed by atoms with van der Waals surface area (Å²) in [5, 5.41) is 19.0. The van der Waals surface area contributed by atoms with Crippen LogP contribution in [0.3, 0.4) is 0 Å². The fourth-order valence-corrected chi connectivity index (χ4v) is 2.06. The van der Waals surface area contributed by atoms with Gasteiger partial charge in [0.05, 0.1) is 6.10 Å². The SMILES string of the molecule is Oc1ccc(S)c2c1CCC2O. The van der Waals surface area contributed by atoms with E-state index in [4.69, 9.17) is 0 Å². The Morgan fingerprint density at radius 2 is 2.17 bits per heavy atom. The minimum absolute atomic E-state index is 0.277. The lowest BCUT2D eigenvalue weighted by Crippen LogP contribution is -1.91. The van der Waals surface area contributed by atoms with Crippen molar-refractivity contribution in [3.63, 3.8) is 0 Å². The largest absolute Gasteiger partial charge is 0.508 e. The molecule has 1 aliphatic carbocycles. The van der Waals surface area contributed by atoms with Crippen LogP contribution >= 0.6 is 12.6 Å². The first-order valence-electron chi connectivity index (χ1n) is 3.92. The molecule has 1 aliphatic rings. The highest BCUT2D eigenvalue weighted by atomic mass is 32.1. The maximum absolute atomic E-state index is 9.53. The number of fused-ring (bicyclic) bond motifs is 1. The summed E-state index contributed by atoms with van der Waals surface area (Å²) in [6, 6.07) is 3.34. The van der Waals surface area contributed by atoms with Crippen molar-refractivity contribution < 1.29 is 10.2 Å². The molecule has 0 saturated heterocycles. The summed E-state index contributed by atoms with van der Waals surface area (Å²) in [6.07, 6.45) is 0.997. The molecule has 0 heterocycles. The van der Waals surface area contributed by atoms with Crippen molar-refractivity contribution in [1.29, 1.82) is 0 Å². The molecule has 0 amide bonds. The molecule has 0 bridgehead atoms. The van der Waals surface area contributed by atoms with Crippen molar-refractivity contribution in [2.24, 2.45) is 0 Å². The average molecular weight is 182 g/mol. The van der Waals surface area contributed by atoms with Crippen molar-refractivity contribution in [3.05, 3.63) is 23.3 Å². The zero-order valence-corrected chi connectivity index (χ0v) is 7.38. The quantitative estimate of drug-likeness (QED) is 0.534. The molecule has 2 N–H and O–H groups in total. The summed E-state index contributed by atoms with van der Waals surface area (Å²) in [7, 11) is 0. The Balaban J connectivity index is 2.64. The molecule has 0 spiro atoms. The number of phenolic OH excluding ortho intramolecular Hbond substituents is 1. The maximum Gasteiger partial charge on any atom is 0.119 e. The zero-order valence-electron chi connectivity index (χ0n) is 6.49. The Hall–Kier alpha value is -0.670. The Bertz CT molecular complexity index is 323. The molecule has 2 rings (SSSR count). The van der Waals surface area contributed by atoms with E-state index in [1.54, 1.807) is 12.1 Å². The van der Waals surface area contributed by atoms with E-state index in [1.165, 1.54) is 0 Å². The monoisotopic (exact) mass is 182 g/mol. The van der Waals surface area contributed by atoms with Gasteiger partial charge in [-0.1, -0.05) is 0 Å². The molecule has 0 radical (unpaired) electrons. The van der Waals surface area contributed by atoms with Gasteiger partial charge in [0.15, 0.2) is 0 Å². The third-order valence-corrected chi connectivity index (χ3v) is 2.70. The molecule has 0 aromatic heterocycles. The van der Waals surface area contributed by atoms with Crippen LogP contribution in [0.15, 0.2) is 17.0 Å². The van der Waals surface area contributed by atoms with Crippen molar-refractivity contribution in [2.75, 3.05) is 0 Å². The lowest BCUT2D eigenvalue weighted by molar-refractivity contribution is 0.177. The molecule has 3 heteroatoms. The van der Waals surface area contributed by atoms with Gasteiger partial charge in [0, 0.05) is 16.0 Å². The highest BCUT2D eigenvalue weighted by Gasteiger charge is 2.24. The van der Waals surface area contributed by atoms with Crippen LogP contribution < -0.4 is 0 Å². The van der Waals surface area contributed by atoms with Crippen LogP contribution in [0.2, 0.25) is 0 Å². The van der Waals surface area contributed by atoms with Crippen LogP contribution in [-0.2, 0) is 6.42 Å². The number of hydrogen-bond donors (Lipinski definition) is 3. The predicted octanol–water partition coefficient (Wildman–Crippen LogP) is 1.66. The predicted molar refractivity (Wildman–Crippen MR) is 48.6 cm³/mol. The van der Waals surface area contributed by atoms with Crippen LogP contribution in [0.1, 0.15) is 23.7 Å². The van der Waals surface area contributed by atoms with Gasteiger partial charge in [-0.15, -0.1) is 12.6 Å². The fraction of sp³-hybridized carbons (Fsp3) is 0.333. The van der Waals surface area contributed by atoms with Crippen LogP contribution in [0.4, 0.5) is 0 Å². The van der Waals surface area contributed by atoms with Gasteiger partial charge in [-0.25, -0.2) is 0 Å². The van der Waals surface area contributed by atoms with Crippen molar-refractivity contribution in [1.82, 2.24) is 0 Å². The minimum atomic E-state index is -0.445. The average Bonchev–Trinajstić information content (AvgIpc) is 2.42. The molecule has 1 aromatic carbocycles. The number of aliphatic hydroxyl groups is 1. The molecule has 2 nitrogen and oxygen atoms in total. The van der Waals surface area contributed by atoms with Crippen LogP contribution in [-0.4, -0.2) is 10.2 Å². The Morgan fingerprint density at radius 1 is 1.42 bits per heavy atom. The van der Waals surface area contributed by atoms with E-state index in [-0.39, 0.29) is 5.75 Å². The normalized spacial score (nSPS) is 21.0. The van der Waals surface area contributed by atoms with E-state index in [0.29, 0.717) is 6.42 Å². The van der Waals surface area contributed by atoms with Crippen molar-refractivity contribution in [3.8, 4) is 5.75 Å². The molecule has 1 aromatic rings. The second kappa shape index (κ2) is 2.68. The summed E-state index contributed by atoms with van der Waals surface area (Å²) in [5.74, 6) is 0.277. The summed E-state index contributed by atoms with van der Waals surface area (Å²) in [6.45, 7) is 0. The maximum atomic E-state index is 9.53. The molecule has 0 fully saturated rings. The van der Waals surface area contributed by atoms with Gasteiger partial charge in [0.2, 0.25) is 0 Å². The third-order valence-electron chi connectivity index (χ3n) is 2.31. The molecular weight excluding hydrogens is 172 g/mol. The van der Waals surface area contributed by atoms with Gasteiger partial charge in [-0.05, 0) is 25.0 Å². The Labute approximate surface area is 76.3 Å². The molecule has 64 valence electrons. The molecule has 12 heavy (non-hydrogen) atoms. The molecule has 1 unspecified atom stereocenters. The van der Waals surface area contributed by atoms with Crippen molar-refractivity contribution >= 4 is 12.6 Å². The van der Waals surface area contributed by atoms with E-state index in [2.05, 4.69) is 12.6 Å². The van der Waals surface area contributed by atoms with Gasteiger partial charge in [-0.2, -0.15) is 0 Å². The fourth-order valence-electron chi connectivity index (χ4n) is 1.70. The van der Waals surface area contributed by atoms with Gasteiger partial charge in [-0.3, -0.25) is 0 Å². The van der Waals surface area contributed by atoms with Gasteiger partial charge < -0.3 is 10.2 Å². The van der Waals surface area contributed by atoms with Crippen LogP contribution in [0.25, 0.3) is 0 Å². The Kier molecular flexibility index (Phi) is 1.77. The Morgan fingerprint density at radius 3 is 2.83 bits per heavy atom. The van der Waals surface area contributed by atoms with Gasteiger partial charge >= 0.3 is 0 Å². The first kappa shape index (κ1) is 7.95. The van der Waals surface area contributed by atoms with E-state index in [0.717, 1.165) is 22.4 Å². The number of aliphatic hydroxyl groups excluding tert-OH is 1. The van der Waals surface area contributed by atoms with Crippen LogP contribution in [0, 0.1) is 0 Å². The third kappa shape index (κ3) is 1.01. The van der Waals surface area contributed by atoms with E-state index in [1.807, 2.05) is 0 Å². The lowest BCUT2D eigenvalue weighted by atomic mass is 10.1. The van der Waals surface area contributed by atoms with E-state index >= 15 is 0 Å². The summed E-state index contributed by atoms with van der Waals surface area (Å²) in [5.41, 5.74) is 1.66. The number of thiol groups is 1. The highest BCUT2D eigenvalue weighted by molar-refractivity contribution is 7.80. The first-order valence-corrected chi connectivity index (χ1v) is 4.36.